The van der Waals surface area contributed by atoms with Crippen LogP contribution in [-0.4, -0.2) is 23.8 Å². The molecule has 30 heavy (non-hydrogen) atoms. The third-order valence-corrected chi connectivity index (χ3v) is 6.26. The Kier molecular flexibility index (Phi) is 4.87. The standard InChI is InChI=1S/C24H22BrN3O2/c1-29-22-12-9-16(13-23(22)30-2)21-14-19(15-7-10-17(25)11-8-15)27-24-26-18-5-3-4-6-20(18)28(21)24/h3-13,19,21H,14H2,1-2H3,(H,26,27)/t19-,21-/m0/s1. The van der Waals surface area contributed by atoms with E-state index < -0.39 is 0 Å². The molecule has 4 aromatic rings. The number of benzene rings is 3. The quantitative estimate of drug-likeness (QED) is 0.405. The number of aromatic nitrogens is 2. The molecule has 0 amide bonds. The lowest BCUT2D eigenvalue weighted by atomic mass is 9.92. The molecule has 0 saturated heterocycles. The van der Waals surface area contributed by atoms with Crippen LogP contribution in [0.5, 0.6) is 11.5 Å². The predicted molar refractivity (Wildman–Crippen MR) is 123 cm³/mol. The first-order valence-electron chi connectivity index (χ1n) is 9.89. The fraction of sp³-hybridized carbons (Fsp3) is 0.208. The molecule has 0 aliphatic carbocycles. The van der Waals surface area contributed by atoms with Crippen LogP contribution in [0.1, 0.15) is 29.6 Å². The van der Waals surface area contributed by atoms with Gasteiger partial charge < -0.3 is 19.4 Å². The summed E-state index contributed by atoms with van der Waals surface area (Å²) in [4.78, 5) is 4.89. The molecular formula is C24H22BrN3O2. The predicted octanol–water partition coefficient (Wildman–Crippen LogP) is 5.96. The van der Waals surface area contributed by atoms with E-state index in [0.29, 0.717) is 0 Å². The van der Waals surface area contributed by atoms with E-state index in [-0.39, 0.29) is 12.1 Å². The molecule has 1 N–H and O–H groups in total. The Morgan fingerprint density at radius 2 is 1.67 bits per heavy atom. The fourth-order valence-electron chi connectivity index (χ4n) is 4.26. The van der Waals surface area contributed by atoms with Gasteiger partial charge in [0.2, 0.25) is 5.95 Å². The maximum absolute atomic E-state index is 5.58. The third-order valence-electron chi connectivity index (χ3n) is 5.73. The normalized spacial score (nSPS) is 18.0. The number of imidazole rings is 1. The van der Waals surface area contributed by atoms with Gasteiger partial charge >= 0.3 is 0 Å². The summed E-state index contributed by atoms with van der Waals surface area (Å²) in [7, 11) is 3.33. The van der Waals surface area contributed by atoms with Crippen LogP contribution < -0.4 is 14.8 Å². The summed E-state index contributed by atoms with van der Waals surface area (Å²) >= 11 is 3.53. The van der Waals surface area contributed by atoms with E-state index in [9.17, 15) is 0 Å². The second-order valence-corrected chi connectivity index (χ2v) is 8.32. The van der Waals surface area contributed by atoms with Crippen LogP contribution in [0.4, 0.5) is 5.95 Å². The fourth-order valence-corrected chi connectivity index (χ4v) is 4.53. The highest BCUT2D eigenvalue weighted by molar-refractivity contribution is 9.10. The molecule has 1 aromatic heterocycles. The smallest absolute Gasteiger partial charge is 0.204 e. The van der Waals surface area contributed by atoms with Gasteiger partial charge in [-0.05, 0) is 53.9 Å². The van der Waals surface area contributed by atoms with Crippen molar-refractivity contribution in [2.45, 2.75) is 18.5 Å². The lowest BCUT2D eigenvalue weighted by molar-refractivity contribution is 0.353. The average Bonchev–Trinajstić information content (AvgIpc) is 3.17. The van der Waals surface area contributed by atoms with E-state index in [4.69, 9.17) is 14.5 Å². The van der Waals surface area contributed by atoms with Crippen molar-refractivity contribution < 1.29 is 9.47 Å². The van der Waals surface area contributed by atoms with E-state index in [1.807, 2.05) is 12.1 Å². The molecule has 0 fully saturated rings. The van der Waals surface area contributed by atoms with Crippen LogP contribution in [0.2, 0.25) is 0 Å². The van der Waals surface area contributed by atoms with Crippen LogP contribution >= 0.6 is 15.9 Å². The number of anilines is 1. The molecule has 3 aromatic carbocycles. The molecule has 152 valence electrons. The Balaban J connectivity index is 1.65. The van der Waals surface area contributed by atoms with E-state index in [1.165, 1.54) is 11.1 Å². The van der Waals surface area contributed by atoms with Gasteiger partial charge in [-0.15, -0.1) is 0 Å². The lowest BCUT2D eigenvalue weighted by Crippen LogP contribution is -2.27. The summed E-state index contributed by atoms with van der Waals surface area (Å²) in [6.45, 7) is 0. The van der Waals surface area contributed by atoms with Gasteiger partial charge in [0.25, 0.3) is 0 Å². The van der Waals surface area contributed by atoms with Gasteiger partial charge in [-0.2, -0.15) is 0 Å². The minimum atomic E-state index is 0.113. The number of hydrogen-bond donors (Lipinski definition) is 1. The van der Waals surface area contributed by atoms with Gasteiger partial charge in [0, 0.05) is 4.47 Å². The van der Waals surface area contributed by atoms with Crippen molar-refractivity contribution in [1.82, 2.24) is 9.55 Å². The van der Waals surface area contributed by atoms with E-state index >= 15 is 0 Å². The molecule has 2 heterocycles. The summed E-state index contributed by atoms with van der Waals surface area (Å²) in [5.74, 6) is 2.35. The number of nitrogens with one attached hydrogen (secondary N) is 1. The molecule has 5 rings (SSSR count). The number of nitrogens with zero attached hydrogens (tertiary/aromatic N) is 2. The number of ether oxygens (including phenoxy) is 2. The summed E-state index contributed by atoms with van der Waals surface area (Å²) < 4.78 is 14.4. The number of halogens is 1. The minimum Gasteiger partial charge on any atom is -0.493 e. The Labute approximate surface area is 183 Å². The largest absolute Gasteiger partial charge is 0.493 e. The SMILES string of the molecule is COc1ccc([C@@H]2C[C@@H](c3ccc(Br)cc3)Nc3nc4ccccc4n32)cc1OC. The first kappa shape index (κ1) is 19.0. The molecule has 0 radical (unpaired) electrons. The Morgan fingerprint density at radius 3 is 2.43 bits per heavy atom. The van der Waals surface area contributed by atoms with Gasteiger partial charge in [0.05, 0.1) is 37.3 Å². The third kappa shape index (κ3) is 3.21. The highest BCUT2D eigenvalue weighted by atomic mass is 79.9. The summed E-state index contributed by atoms with van der Waals surface area (Å²) in [6.07, 6.45) is 0.893. The van der Waals surface area contributed by atoms with Gasteiger partial charge in [-0.3, -0.25) is 0 Å². The molecule has 0 unspecified atom stereocenters. The molecule has 0 spiro atoms. The van der Waals surface area contributed by atoms with Crippen molar-refractivity contribution in [3.63, 3.8) is 0 Å². The van der Waals surface area contributed by atoms with Crippen molar-refractivity contribution in [1.29, 1.82) is 0 Å². The number of rotatable bonds is 4. The molecular weight excluding hydrogens is 442 g/mol. The van der Waals surface area contributed by atoms with E-state index in [2.05, 4.69) is 80.4 Å². The van der Waals surface area contributed by atoms with Crippen LogP contribution in [0, 0.1) is 0 Å². The van der Waals surface area contributed by atoms with Crippen molar-refractivity contribution in [3.05, 3.63) is 82.3 Å². The first-order chi connectivity index (χ1) is 14.7. The first-order valence-corrected chi connectivity index (χ1v) is 10.7. The molecule has 6 heteroatoms. The monoisotopic (exact) mass is 463 g/mol. The highest BCUT2D eigenvalue weighted by Gasteiger charge is 2.31. The zero-order valence-electron chi connectivity index (χ0n) is 16.8. The average molecular weight is 464 g/mol. The molecule has 0 saturated carbocycles. The Morgan fingerprint density at radius 1 is 0.933 bits per heavy atom. The molecule has 1 aliphatic rings. The highest BCUT2D eigenvalue weighted by Crippen LogP contribution is 2.43. The molecule has 0 bridgehead atoms. The van der Waals surface area contributed by atoms with Gasteiger partial charge in [-0.25, -0.2) is 4.98 Å². The van der Waals surface area contributed by atoms with Crippen LogP contribution in [0.15, 0.2) is 71.2 Å². The minimum absolute atomic E-state index is 0.113. The van der Waals surface area contributed by atoms with Crippen molar-refractivity contribution in [2.75, 3.05) is 19.5 Å². The maximum atomic E-state index is 5.58. The van der Waals surface area contributed by atoms with E-state index in [1.54, 1.807) is 14.2 Å². The topological polar surface area (TPSA) is 48.3 Å². The summed E-state index contributed by atoms with van der Waals surface area (Å²) in [6, 6.07) is 23.2. The molecule has 5 nitrogen and oxygen atoms in total. The zero-order valence-corrected chi connectivity index (χ0v) is 18.4. The molecule has 2 atom stereocenters. The van der Waals surface area contributed by atoms with Crippen molar-refractivity contribution in [2.24, 2.45) is 0 Å². The summed E-state index contributed by atoms with van der Waals surface area (Å²) in [5, 5.41) is 3.65. The van der Waals surface area contributed by atoms with Crippen molar-refractivity contribution >= 4 is 32.9 Å². The lowest BCUT2D eigenvalue weighted by Gasteiger charge is -2.33. The number of hydrogen-bond acceptors (Lipinski definition) is 4. The Bertz CT molecular complexity index is 1200. The molecule has 1 aliphatic heterocycles. The van der Waals surface area contributed by atoms with Gasteiger partial charge in [-0.1, -0.05) is 46.3 Å². The summed E-state index contributed by atoms with van der Waals surface area (Å²) in [5.41, 5.74) is 4.51. The van der Waals surface area contributed by atoms with Crippen LogP contribution in [0.25, 0.3) is 11.0 Å². The van der Waals surface area contributed by atoms with E-state index in [0.717, 1.165) is 39.4 Å². The number of methoxy groups -OCH3 is 2. The van der Waals surface area contributed by atoms with Crippen molar-refractivity contribution in [3.8, 4) is 11.5 Å². The van der Waals surface area contributed by atoms with Gasteiger partial charge in [0.1, 0.15) is 0 Å². The second-order valence-electron chi connectivity index (χ2n) is 7.41. The van der Waals surface area contributed by atoms with Crippen LogP contribution in [0.3, 0.4) is 0 Å². The zero-order chi connectivity index (χ0) is 20.7. The number of para-hydroxylation sites is 2. The Hall–Kier alpha value is -2.99. The van der Waals surface area contributed by atoms with Crippen LogP contribution in [-0.2, 0) is 0 Å². The second kappa shape index (κ2) is 7.69. The maximum Gasteiger partial charge on any atom is 0.204 e. The van der Waals surface area contributed by atoms with Gasteiger partial charge in [0.15, 0.2) is 11.5 Å². The number of fused-ring (bicyclic) bond motifs is 3.